The van der Waals surface area contributed by atoms with E-state index in [9.17, 15) is 18.0 Å². The lowest BCUT2D eigenvalue weighted by Crippen LogP contribution is -2.58. The molecule has 1 N–H and O–H groups in total. The third-order valence-electron chi connectivity index (χ3n) is 7.76. The number of hydrogen-bond donors (Lipinski definition) is 1. The van der Waals surface area contributed by atoms with E-state index in [1.807, 2.05) is 6.07 Å². The lowest BCUT2D eigenvalue weighted by atomic mass is 9.54. The van der Waals surface area contributed by atoms with E-state index in [1.54, 1.807) is 24.3 Å². The minimum Gasteiger partial charge on any atom is -0.352 e. The van der Waals surface area contributed by atoms with Gasteiger partial charge in [0.1, 0.15) is 0 Å². The Morgan fingerprint density at radius 3 is 2.06 bits per heavy atom. The summed E-state index contributed by atoms with van der Waals surface area (Å²) in [5.74, 6) is 2.32. The van der Waals surface area contributed by atoms with Crippen LogP contribution in [0.5, 0.6) is 0 Å². The first-order chi connectivity index (χ1) is 14.9. The zero-order valence-corrected chi connectivity index (χ0v) is 18.6. The molecule has 8 heteroatoms. The lowest BCUT2D eigenvalue weighted by Gasteiger charge is -2.54. The van der Waals surface area contributed by atoms with Crippen molar-refractivity contribution in [3.63, 3.8) is 0 Å². The van der Waals surface area contributed by atoms with Gasteiger partial charge in [0.2, 0.25) is 5.91 Å². The SMILES string of the molecule is O=C(CN1CCCN(CC(=O)c2ccccc2)S1(=O)=O)NC1C2CC3CC(C2)CC1C3. The van der Waals surface area contributed by atoms with Crippen LogP contribution in [-0.2, 0) is 15.0 Å². The van der Waals surface area contributed by atoms with Crippen molar-refractivity contribution in [2.75, 3.05) is 26.2 Å². The molecule has 1 saturated heterocycles. The van der Waals surface area contributed by atoms with Gasteiger partial charge in [0.05, 0.1) is 13.1 Å². The molecule has 4 bridgehead atoms. The molecule has 7 nitrogen and oxygen atoms in total. The first-order valence-corrected chi connectivity index (χ1v) is 12.9. The van der Waals surface area contributed by atoms with E-state index in [-0.39, 0.29) is 30.8 Å². The van der Waals surface area contributed by atoms with Crippen LogP contribution in [0.1, 0.15) is 48.9 Å². The lowest BCUT2D eigenvalue weighted by molar-refractivity contribution is -0.125. The number of nitrogens with zero attached hydrogens (tertiary/aromatic N) is 2. The summed E-state index contributed by atoms with van der Waals surface area (Å²) < 4.78 is 28.6. The van der Waals surface area contributed by atoms with E-state index < -0.39 is 10.2 Å². The molecule has 5 aliphatic rings. The van der Waals surface area contributed by atoms with Crippen LogP contribution < -0.4 is 5.32 Å². The van der Waals surface area contributed by atoms with Crippen LogP contribution in [0.4, 0.5) is 0 Å². The number of Topliss-reactive ketones (excluding diaryl/α,β-unsaturated/α-hetero) is 1. The fourth-order valence-electron chi connectivity index (χ4n) is 6.57. The molecule has 1 aliphatic heterocycles. The molecular weight excluding hydrogens is 414 g/mol. The minimum absolute atomic E-state index is 0.166. The van der Waals surface area contributed by atoms with E-state index in [0.717, 1.165) is 11.8 Å². The maximum atomic E-state index is 13.1. The highest BCUT2D eigenvalue weighted by Gasteiger charge is 2.48. The maximum Gasteiger partial charge on any atom is 0.282 e. The molecule has 0 unspecified atom stereocenters. The molecule has 1 aromatic carbocycles. The standard InChI is InChI=1S/C23H31N3O4S/c27-21(18-5-2-1-3-6-18)14-25-7-4-8-26(31(25,29)30)15-22(28)24-23-19-10-16-9-17(12-19)13-20(23)11-16/h1-3,5-6,16-17,19-20,23H,4,7-15H2,(H,24,28). The molecule has 31 heavy (non-hydrogen) atoms. The van der Waals surface area contributed by atoms with Gasteiger partial charge in [-0.15, -0.1) is 0 Å². The highest BCUT2D eigenvalue weighted by Crippen LogP contribution is 2.53. The predicted octanol–water partition coefficient (Wildman–Crippen LogP) is 2.06. The smallest absolute Gasteiger partial charge is 0.282 e. The van der Waals surface area contributed by atoms with Crippen molar-refractivity contribution in [2.24, 2.45) is 23.7 Å². The molecule has 168 valence electrons. The summed E-state index contributed by atoms with van der Waals surface area (Å²) in [6, 6.07) is 8.92. The van der Waals surface area contributed by atoms with Crippen LogP contribution in [-0.4, -0.2) is 60.9 Å². The van der Waals surface area contributed by atoms with Gasteiger partial charge in [-0.25, -0.2) is 0 Å². The van der Waals surface area contributed by atoms with Gasteiger partial charge in [-0.1, -0.05) is 30.3 Å². The van der Waals surface area contributed by atoms with Gasteiger partial charge in [0.15, 0.2) is 5.78 Å². The quantitative estimate of drug-likeness (QED) is 0.679. The van der Waals surface area contributed by atoms with Crippen LogP contribution in [0, 0.1) is 23.7 Å². The van der Waals surface area contributed by atoms with E-state index in [0.29, 0.717) is 36.9 Å². The number of benzene rings is 1. The van der Waals surface area contributed by atoms with Crippen molar-refractivity contribution < 1.29 is 18.0 Å². The Labute approximate surface area is 184 Å². The maximum absolute atomic E-state index is 13.1. The van der Waals surface area contributed by atoms with E-state index in [1.165, 1.54) is 40.7 Å². The molecule has 0 radical (unpaired) electrons. The molecule has 1 aromatic rings. The molecule has 5 fully saturated rings. The summed E-state index contributed by atoms with van der Waals surface area (Å²) in [4.78, 5) is 25.4. The second kappa shape index (κ2) is 8.30. The summed E-state index contributed by atoms with van der Waals surface area (Å²) in [5, 5.41) is 3.20. The zero-order chi connectivity index (χ0) is 21.6. The van der Waals surface area contributed by atoms with Crippen LogP contribution in [0.3, 0.4) is 0 Å². The number of carbonyl (C=O) groups is 2. The Morgan fingerprint density at radius 1 is 0.871 bits per heavy atom. The first kappa shape index (κ1) is 21.1. The largest absolute Gasteiger partial charge is 0.352 e. The molecule has 4 saturated carbocycles. The Morgan fingerprint density at radius 2 is 1.45 bits per heavy atom. The summed E-state index contributed by atoms with van der Waals surface area (Å²) in [7, 11) is -3.84. The van der Waals surface area contributed by atoms with Crippen LogP contribution in [0.2, 0.25) is 0 Å². The van der Waals surface area contributed by atoms with Crippen LogP contribution in [0.15, 0.2) is 30.3 Å². The summed E-state index contributed by atoms with van der Waals surface area (Å²) >= 11 is 0. The summed E-state index contributed by atoms with van der Waals surface area (Å²) in [6.45, 7) is 0.253. The van der Waals surface area contributed by atoms with Crippen molar-refractivity contribution in [1.29, 1.82) is 0 Å². The van der Waals surface area contributed by atoms with Gasteiger partial charge in [-0.2, -0.15) is 17.0 Å². The molecule has 0 atom stereocenters. The van der Waals surface area contributed by atoms with Crippen molar-refractivity contribution in [3.8, 4) is 0 Å². The summed E-state index contributed by atoms with van der Waals surface area (Å²) in [6.07, 6.45) is 6.78. The second-order valence-corrected chi connectivity index (χ2v) is 11.8. The van der Waals surface area contributed by atoms with Gasteiger partial charge in [-0.05, 0) is 62.2 Å². The molecule has 4 aliphatic carbocycles. The molecule has 6 rings (SSSR count). The Kier molecular flexibility index (Phi) is 5.65. The molecule has 0 spiro atoms. The van der Waals surface area contributed by atoms with Crippen molar-refractivity contribution in [2.45, 2.75) is 44.6 Å². The Balaban J connectivity index is 1.21. The average Bonchev–Trinajstić information content (AvgIpc) is 2.74. The third kappa shape index (κ3) is 4.17. The first-order valence-electron chi connectivity index (χ1n) is 11.5. The van der Waals surface area contributed by atoms with E-state index >= 15 is 0 Å². The van der Waals surface area contributed by atoms with Gasteiger partial charge in [0, 0.05) is 24.7 Å². The minimum atomic E-state index is -3.84. The zero-order valence-electron chi connectivity index (χ0n) is 17.8. The van der Waals surface area contributed by atoms with Gasteiger partial charge in [0.25, 0.3) is 10.2 Å². The van der Waals surface area contributed by atoms with Crippen LogP contribution >= 0.6 is 0 Å². The monoisotopic (exact) mass is 445 g/mol. The molecule has 1 amide bonds. The number of rotatable bonds is 6. The highest BCUT2D eigenvalue weighted by molar-refractivity contribution is 7.86. The number of ketones is 1. The fraction of sp³-hybridized carbons (Fsp3) is 0.652. The van der Waals surface area contributed by atoms with Crippen molar-refractivity contribution in [3.05, 3.63) is 35.9 Å². The third-order valence-corrected chi connectivity index (χ3v) is 9.69. The van der Waals surface area contributed by atoms with E-state index in [4.69, 9.17) is 0 Å². The second-order valence-electron chi connectivity index (χ2n) is 9.84. The molecule has 1 heterocycles. The topological polar surface area (TPSA) is 86.8 Å². The number of nitrogens with one attached hydrogen (secondary N) is 1. The fourth-order valence-corrected chi connectivity index (χ4v) is 8.17. The van der Waals surface area contributed by atoms with Crippen molar-refractivity contribution in [1.82, 2.24) is 13.9 Å². The number of amides is 1. The predicted molar refractivity (Wildman–Crippen MR) is 116 cm³/mol. The molecular formula is C23H31N3O4S. The number of carbonyl (C=O) groups excluding carboxylic acids is 2. The van der Waals surface area contributed by atoms with Crippen molar-refractivity contribution >= 4 is 21.9 Å². The Hall–Kier alpha value is -1.77. The van der Waals surface area contributed by atoms with Gasteiger partial charge in [-0.3, -0.25) is 9.59 Å². The highest BCUT2D eigenvalue weighted by atomic mass is 32.2. The summed E-state index contributed by atoms with van der Waals surface area (Å²) in [5.41, 5.74) is 0.495. The Bertz CT molecular complexity index is 921. The normalized spacial score (nSPS) is 34.5. The molecule has 0 aromatic heterocycles. The van der Waals surface area contributed by atoms with Gasteiger partial charge < -0.3 is 5.32 Å². The van der Waals surface area contributed by atoms with E-state index in [2.05, 4.69) is 5.32 Å². The number of hydrogen-bond acceptors (Lipinski definition) is 4. The van der Waals surface area contributed by atoms with Crippen LogP contribution in [0.25, 0.3) is 0 Å². The average molecular weight is 446 g/mol. The van der Waals surface area contributed by atoms with Gasteiger partial charge >= 0.3 is 0 Å².